The van der Waals surface area contributed by atoms with Crippen molar-refractivity contribution in [1.82, 2.24) is 19.5 Å². The molecule has 8 heteroatoms. The van der Waals surface area contributed by atoms with Crippen molar-refractivity contribution >= 4 is 10.0 Å². The van der Waals surface area contributed by atoms with Gasteiger partial charge in [-0.1, -0.05) is 0 Å². The first-order valence-electron chi connectivity index (χ1n) is 6.12. The van der Waals surface area contributed by atoms with Crippen LogP contribution in [0.1, 0.15) is 22.6 Å². The molecule has 0 saturated carbocycles. The highest BCUT2D eigenvalue weighted by Gasteiger charge is 2.18. The van der Waals surface area contributed by atoms with Crippen LogP contribution in [0.25, 0.3) is 0 Å². The summed E-state index contributed by atoms with van der Waals surface area (Å²) in [7, 11) is -1.78. The Bertz CT molecular complexity index is 715. The third-order valence-corrected chi connectivity index (χ3v) is 4.68. The predicted octanol–water partition coefficient (Wildman–Crippen LogP) is 0.336. The average molecular weight is 298 g/mol. The van der Waals surface area contributed by atoms with Crippen molar-refractivity contribution in [3.63, 3.8) is 0 Å². The van der Waals surface area contributed by atoms with Crippen LogP contribution < -0.4 is 4.72 Å². The first kappa shape index (κ1) is 14.8. The second-order valence-electron chi connectivity index (χ2n) is 4.62. The standard InChI is InChI=1S/C12H18N4O3S/c1-8-12(9(2)16(3)15-8)6-14-20(18,19)11-4-10(7-17)13-5-11/h4-5,13-14,17H,6-7H2,1-3H3. The van der Waals surface area contributed by atoms with Crippen LogP contribution in [0.4, 0.5) is 0 Å². The predicted molar refractivity (Wildman–Crippen MR) is 73.4 cm³/mol. The van der Waals surface area contributed by atoms with E-state index in [4.69, 9.17) is 5.11 Å². The number of hydrogen-bond acceptors (Lipinski definition) is 4. The molecule has 0 radical (unpaired) electrons. The topological polar surface area (TPSA) is 100 Å². The van der Waals surface area contributed by atoms with Crippen LogP contribution in [0, 0.1) is 13.8 Å². The van der Waals surface area contributed by atoms with Gasteiger partial charge in [0.15, 0.2) is 0 Å². The molecule has 0 aliphatic carbocycles. The van der Waals surface area contributed by atoms with E-state index in [1.165, 1.54) is 12.3 Å². The molecule has 0 aliphatic rings. The number of nitrogens with zero attached hydrogens (tertiary/aromatic N) is 2. The molecule has 0 saturated heterocycles. The molecule has 0 spiro atoms. The number of H-pyrrole nitrogens is 1. The first-order chi connectivity index (χ1) is 9.35. The Morgan fingerprint density at radius 2 is 2.15 bits per heavy atom. The Morgan fingerprint density at radius 3 is 2.65 bits per heavy atom. The normalized spacial score (nSPS) is 12.0. The highest BCUT2D eigenvalue weighted by atomic mass is 32.2. The van der Waals surface area contributed by atoms with E-state index in [1.807, 2.05) is 20.9 Å². The Labute approximate surface area is 117 Å². The SMILES string of the molecule is Cc1nn(C)c(C)c1CNS(=O)(=O)c1c[nH]c(CO)c1. The maximum absolute atomic E-state index is 12.1. The minimum absolute atomic E-state index is 0.112. The van der Waals surface area contributed by atoms with Gasteiger partial charge in [-0.3, -0.25) is 4.68 Å². The molecule has 0 fully saturated rings. The smallest absolute Gasteiger partial charge is 0.242 e. The Hall–Kier alpha value is -1.64. The van der Waals surface area contributed by atoms with Gasteiger partial charge in [-0.25, -0.2) is 13.1 Å². The van der Waals surface area contributed by atoms with Crippen LogP contribution in [0.2, 0.25) is 0 Å². The molecule has 2 heterocycles. The fourth-order valence-corrected chi connectivity index (χ4v) is 3.00. The second kappa shape index (κ2) is 5.39. The van der Waals surface area contributed by atoms with E-state index < -0.39 is 10.0 Å². The van der Waals surface area contributed by atoms with E-state index in [1.54, 1.807) is 4.68 Å². The molecule has 2 aromatic rings. The van der Waals surface area contributed by atoms with Gasteiger partial charge < -0.3 is 10.1 Å². The van der Waals surface area contributed by atoms with E-state index in [0.717, 1.165) is 17.0 Å². The summed E-state index contributed by atoms with van der Waals surface area (Å²) >= 11 is 0. The zero-order valence-corrected chi connectivity index (χ0v) is 12.5. The molecule has 2 aromatic heterocycles. The molecule has 3 N–H and O–H groups in total. The Morgan fingerprint density at radius 1 is 1.45 bits per heavy atom. The fraction of sp³-hybridized carbons (Fsp3) is 0.417. The Kier molecular flexibility index (Phi) is 3.98. The molecule has 0 amide bonds. The summed E-state index contributed by atoms with van der Waals surface area (Å²) in [4.78, 5) is 2.81. The maximum Gasteiger partial charge on any atom is 0.242 e. The van der Waals surface area contributed by atoms with Crippen molar-refractivity contribution in [2.24, 2.45) is 7.05 Å². The summed E-state index contributed by atoms with van der Waals surface area (Å²) in [5, 5.41) is 13.2. The molecule has 7 nitrogen and oxygen atoms in total. The van der Waals surface area contributed by atoms with Crippen LogP contribution in [-0.4, -0.2) is 28.3 Å². The molecule has 0 bridgehead atoms. The third kappa shape index (κ3) is 2.77. The van der Waals surface area contributed by atoms with Crippen molar-refractivity contribution in [3.8, 4) is 0 Å². The quantitative estimate of drug-likeness (QED) is 0.741. The number of aromatic nitrogens is 3. The van der Waals surface area contributed by atoms with Crippen molar-refractivity contribution in [3.05, 3.63) is 34.9 Å². The van der Waals surface area contributed by atoms with Crippen molar-refractivity contribution in [2.75, 3.05) is 0 Å². The lowest BCUT2D eigenvalue weighted by Gasteiger charge is -2.05. The molecule has 20 heavy (non-hydrogen) atoms. The molecule has 0 aromatic carbocycles. The number of rotatable bonds is 5. The number of sulfonamides is 1. The molecular formula is C12H18N4O3S. The fourth-order valence-electron chi connectivity index (χ4n) is 1.99. The van der Waals surface area contributed by atoms with Gasteiger partial charge in [-0.05, 0) is 19.9 Å². The van der Waals surface area contributed by atoms with Gasteiger partial charge in [0.2, 0.25) is 10.0 Å². The molecular weight excluding hydrogens is 280 g/mol. The summed E-state index contributed by atoms with van der Waals surface area (Å²) in [6.45, 7) is 3.70. The highest BCUT2D eigenvalue weighted by molar-refractivity contribution is 7.89. The molecule has 0 atom stereocenters. The number of hydrogen-bond donors (Lipinski definition) is 3. The minimum atomic E-state index is -3.60. The van der Waals surface area contributed by atoms with E-state index in [2.05, 4.69) is 14.8 Å². The molecule has 0 aliphatic heterocycles. The maximum atomic E-state index is 12.1. The summed E-state index contributed by atoms with van der Waals surface area (Å²) in [5.41, 5.74) is 3.06. The zero-order valence-electron chi connectivity index (χ0n) is 11.6. The highest BCUT2D eigenvalue weighted by Crippen LogP contribution is 2.14. The first-order valence-corrected chi connectivity index (χ1v) is 7.60. The summed E-state index contributed by atoms with van der Waals surface area (Å²) in [6.07, 6.45) is 1.36. The van der Waals surface area contributed by atoms with Crippen LogP contribution in [0.3, 0.4) is 0 Å². The summed E-state index contributed by atoms with van der Waals surface area (Å²) in [5.74, 6) is 0. The minimum Gasteiger partial charge on any atom is -0.390 e. The number of aliphatic hydroxyl groups is 1. The number of nitrogens with one attached hydrogen (secondary N) is 2. The zero-order chi connectivity index (χ0) is 14.9. The van der Waals surface area contributed by atoms with E-state index in [0.29, 0.717) is 5.69 Å². The number of aromatic amines is 1. The van der Waals surface area contributed by atoms with Crippen molar-refractivity contribution in [2.45, 2.75) is 31.9 Å². The van der Waals surface area contributed by atoms with Crippen LogP contribution in [0.15, 0.2) is 17.2 Å². The number of aryl methyl sites for hydroxylation is 2. The lowest BCUT2D eigenvalue weighted by atomic mass is 10.2. The van der Waals surface area contributed by atoms with Gasteiger partial charge in [0.25, 0.3) is 0 Å². The van der Waals surface area contributed by atoms with E-state index in [9.17, 15) is 8.42 Å². The lowest BCUT2D eigenvalue weighted by molar-refractivity contribution is 0.277. The van der Waals surface area contributed by atoms with Crippen molar-refractivity contribution in [1.29, 1.82) is 0 Å². The van der Waals surface area contributed by atoms with Crippen LogP contribution >= 0.6 is 0 Å². The van der Waals surface area contributed by atoms with Gasteiger partial charge in [0.05, 0.1) is 17.2 Å². The number of aliphatic hydroxyl groups excluding tert-OH is 1. The summed E-state index contributed by atoms with van der Waals surface area (Å²) < 4.78 is 28.5. The van der Waals surface area contributed by atoms with Gasteiger partial charge in [-0.2, -0.15) is 5.10 Å². The van der Waals surface area contributed by atoms with Crippen LogP contribution in [0.5, 0.6) is 0 Å². The molecule has 0 unspecified atom stereocenters. The lowest BCUT2D eigenvalue weighted by Crippen LogP contribution is -2.23. The van der Waals surface area contributed by atoms with E-state index in [-0.39, 0.29) is 18.0 Å². The van der Waals surface area contributed by atoms with Crippen LogP contribution in [-0.2, 0) is 30.2 Å². The molecule has 2 rings (SSSR count). The van der Waals surface area contributed by atoms with Gasteiger partial charge in [0.1, 0.15) is 0 Å². The van der Waals surface area contributed by atoms with Gasteiger partial charge >= 0.3 is 0 Å². The second-order valence-corrected chi connectivity index (χ2v) is 6.38. The third-order valence-electron chi connectivity index (χ3n) is 3.29. The summed E-state index contributed by atoms with van der Waals surface area (Å²) in [6, 6.07) is 1.41. The largest absolute Gasteiger partial charge is 0.390 e. The van der Waals surface area contributed by atoms with Gasteiger partial charge in [-0.15, -0.1) is 0 Å². The van der Waals surface area contributed by atoms with Gasteiger partial charge in [0, 0.05) is 36.7 Å². The molecule has 110 valence electrons. The van der Waals surface area contributed by atoms with E-state index >= 15 is 0 Å². The monoisotopic (exact) mass is 298 g/mol. The Balaban J connectivity index is 2.17. The average Bonchev–Trinajstić information content (AvgIpc) is 2.95. The van der Waals surface area contributed by atoms with Crippen molar-refractivity contribution < 1.29 is 13.5 Å².